The minimum absolute atomic E-state index is 0.323. The molecule has 7 heteroatoms. The molecule has 1 amide bonds. The van der Waals surface area contributed by atoms with E-state index in [1.807, 2.05) is 0 Å². The van der Waals surface area contributed by atoms with Crippen molar-refractivity contribution in [2.24, 2.45) is 0 Å². The fourth-order valence-electron chi connectivity index (χ4n) is 1.52. The molecule has 0 aliphatic carbocycles. The van der Waals surface area contributed by atoms with Crippen LogP contribution in [0.4, 0.5) is 4.79 Å². The van der Waals surface area contributed by atoms with E-state index in [1.165, 1.54) is 18.2 Å². The maximum atomic E-state index is 11.7. The van der Waals surface area contributed by atoms with Crippen LogP contribution in [-0.2, 0) is 4.74 Å². The SMILES string of the molecule is CC(C)(C)OC(=O)NC(c1cc(Cl)cc(Cl)c1)C(O)O. The number of carbonyl (C=O) groups is 1. The molecule has 0 aliphatic rings. The van der Waals surface area contributed by atoms with E-state index < -0.39 is 24.0 Å². The number of alkyl carbamates (subject to hydrolysis) is 1. The van der Waals surface area contributed by atoms with Crippen LogP contribution in [0.5, 0.6) is 0 Å². The Morgan fingerprint density at radius 3 is 2.10 bits per heavy atom. The maximum absolute atomic E-state index is 11.7. The Balaban J connectivity index is 2.92. The Labute approximate surface area is 127 Å². The molecular weight excluding hydrogens is 305 g/mol. The summed E-state index contributed by atoms with van der Waals surface area (Å²) in [5.74, 6) is 0. The quantitative estimate of drug-likeness (QED) is 0.748. The zero-order valence-electron chi connectivity index (χ0n) is 11.4. The molecule has 0 bridgehead atoms. The Bertz CT molecular complexity index is 465. The summed E-state index contributed by atoms with van der Waals surface area (Å²) in [6.07, 6.45) is -2.59. The van der Waals surface area contributed by atoms with Crippen molar-refractivity contribution in [1.82, 2.24) is 5.32 Å². The molecular formula is C13H17Cl2NO4. The van der Waals surface area contributed by atoms with Gasteiger partial charge in [0.15, 0.2) is 6.29 Å². The fourth-order valence-corrected chi connectivity index (χ4v) is 2.06. The summed E-state index contributed by atoms with van der Waals surface area (Å²) < 4.78 is 5.06. The third-order valence-corrected chi connectivity index (χ3v) is 2.65. The van der Waals surface area contributed by atoms with Crippen LogP contribution >= 0.6 is 23.2 Å². The lowest BCUT2D eigenvalue weighted by atomic mass is 10.1. The van der Waals surface area contributed by atoms with Gasteiger partial charge in [0, 0.05) is 10.0 Å². The van der Waals surface area contributed by atoms with Gasteiger partial charge >= 0.3 is 6.09 Å². The molecule has 3 N–H and O–H groups in total. The van der Waals surface area contributed by atoms with Crippen LogP contribution < -0.4 is 5.32 Å². The topological polar surface area (TPSA) is 78.8 Å². The molecule has 0 fully saturated rings. The molecule has 1 aromatic rings. The standard InChI is InChI=1S/C13H17Cl2NO4/c1-13(2,3)20-12(19)16-10(11(17)18)7-4-8(14)6-9(15)5-7/h4-6,10-11,17-18H,1-3H3,(H,16,19). The summed E-state index contributed by atoms with van der Waals surface area (Å²) >= 11 is 11.7. The highest BCUT2D eigenvalue weighted by Crippen LogP contribution is 2.25. The van der Waals surface area contributed by atoms with Crippen molar-refractivity contribution in [2.75, 3.05) is 0 Å². The van der Waals surface area contributed by atoms with Crippen molar-refractivity contribution in [3.8, 4) is 0 Å². The average Bonchev–Trinajstić information content (AvgIpc) is 2.21. The molecule has 0 heterocycles. The predicted octanol–water partition coefficient (Wildman–Crippen LogP) is 2.87. The van der Waals surface area contributed by atoms with Gasteiger partial charge < -0.3 is 20.3 Å². The summed E-state index contributed by atoms with van der Waals surface area (Å²) in [6.45, 7) is 5.10. The van der Waals surface area contributed by atoms with E-state index in [0.717, 1.165) is 0 Å². The van der Waals surface area contributed by atoms with Crippen molar-refractivity contribution < 1.29 is 19.7 Å². The number of aliphatic hydroxyl groups is 2. The Morgan fingerprint density at radius 2 is 1.70 bits per heavy atom. The van der Waals surface area contributed by atoms with Crippen molar-refractivity contribution >= 4 is 29.3 Å². The van der Waals surface area contributed by atoms with E-state index in [9.17, 15) is 15.0 Å². The van der Waals surface area contributed by atoms with Crippen molar-refractivity contribution in [2.45, 2.75) is 38.7 Å². The maximum Gasteiger partial charge on any atom is 0.408 e. The van der Waals surface area contributed by atoms with Gasteiger partial charge in [-0.1, -0.05) is 23.2 Å². The minimum atomic E-state index is -1.82. The van der Waals surface area contributed by atoms with E-state index in [1.54, 1.807) is 20.8 Å². The van der Waals surface area contributed by atoms with E-state index in [4.69, 9.17) is 27.9 Å². The molecule has 1 rings (SSSR count). The van der Waals surface area contributed by atoms with Crippen molar-refractivity contribution in [3.63, 3.8) is 0 Å². The van der Waals surface area contributed by atoms with Crippen LogP contribution in [0.3, 0.4) is 0 Å². The molecule has 0 saturated heterocycles. The molecule has 0 radical (unpaired) electrons. The molecule has 1 atom stereocenters. The number of nitrogens with one attached hydrogen (secondary N) is 1. The van der Waals surface area contributed by atoms with Gasteiger partial charge in [-0.05, 0) is 44.5 Å². The molecule has 0 saturated carbocycles. The smallest absolute Gasteiger partial charge is 0.408 e. The summed E-state index contributed by atoms with van der Waals surface area (Å²) in [4.78, 5) is 11.7. The Kier molecular flexibility index (Phi) is 5.65. The van der Waals surface area contributed by atoms with E-state index >= 15 is 0 Å². The lowest BCUT2D eigenvalue weighted by molar-refractivity contribution is -0.0693. The summed E-state index contributed by atoms with van der Waals surface area (Å²) in [6, 6.07) is 3.37. The Morgan fingerprint density at radius 1 is 1.20 bits per heavy atom. The number of benzene rings is 1. The molecule has 20 heavy (non-hydrogen) atoms. The van der Waals surface area contributed by atoms with Crippen LogP contribution in [0.2, 0.25) is 10.0 Å². The van der Waals surface area contributed by atoms with Crippen molar-refractivity contribution in [3.05, 3.63) is 33.8 Å². The lowest BCUT2D eigenvalue weighted by Gasteiger charge is -2.25. The van der Waals surface area contributed by atoms with Gasteiger partial charge in [-0.3, -0.25) is 0 Å². The second kappa shape index (κ2) is 6.63. The summed E-state index contributed by atoms with van der Waals surface area (Å²) in [5, 5.41) is 21.8. The first-order chi connectivity index (χ1) is 9.08. The molecule has 5 nitrogen and oxygen atoms in total. The fraction of sp³-hybridized carbons (Fsp3) is 0.462. The average molecular weight is 322 g/mol. The molecule has 112 valence electrons. The number of rotatable bonds is 3. The number of carbonyl (C=O) groups excluding carboxylic acids is 1. The zero-order valence-corrected chi connectivity index (χ0v) is 12.9. The van der Waals surface area contributed by atoms with Gasteiger partial charge in [0.05, 0.1) is 0 Å². The number of hydrogen-bond acceptors (Lipinski definition) is 4. The van der Waals surface area contributed by atoms with Crippen LogP contribution in [-0.4, -0.2) is 28.2 Å². The van der Waals surface area contributed by atoms with Gasteiger partial charge in [0.25, 0.3) is 0 Å². The largest absolute Gasteiger partial charge is 0.444 e. The third-order valence-electron chi connectivity index (χ3n) is 2.21. The molecule has 1 aromatic carbocycles. The first-order valence-electron chi connectivity index (χ1n) is 5.90. The molecule has 0 aromatic heterocycles. The van der Waals surface area contributed by atoms with Crippen LogP contribution in [0.1, 0.15) is 32.4 Å². The van der Waals surface area contributed by atoms with Gasteiger partial charge in [-0.15, -0.1) is 0 Å². The summed E-state index contributed by atoms with van der Waals surface area (Å²) in [5.41, 5.74) is -0.329. The predicted molar refractivity (Wildman–Crippen MR) is 76.8 cm³/mol. The highest BCUT2D eigenvalue weighted by atomic mass is 35.5. The van der Waals surface area contributed by atoms with Crippen LogP contribution in [0.25, 0.3) is 0 Å². The molecule has 1 unspecified atom stereocenters. The highest BCUT2D eigenvalue weighted by molar-refractivity contribution is 6.34. The van der Waals surface area contributed by atoms with Gasteiger partial charge in [0.1, 0.15) is 11.6 Å². The summed E-state index contributed by atoms with van der Waals surface area (Å²) in [7, 11) is 0. The lowest BCUT2D eigenvalue weighted by Crippen LogP contribution is -2.39. The van der Waals surface area contributed by atoms with Gasteiger partial charge in [-0.2, -0.15) is 0 Å². The number of hydrogen-bond donors (Lipinski definition) is 3. The van der Waals surface area contributed by atoms with E-state index in [2.05, 4.69) is 5.32 Å². The van der Waals surface area contributed by atoms with Crippen molar-refractivity contribution in [1.29, 1.82) is 0 Å². The number of ether oxygens (including phenoxy) is 1. The van der Waals surface area contributed by atoms with Gasteiger partial charge in [-0.25, -0.2) is 4.79 Å². The van der Waals surface area contributed by atoms with Crippen LogP contribution in [0, 0.1) is 0 Å². The van der Waals surface area contributed by atoms with E-state index in [0.29, 0.717) is 15.6 Å². The molecule has 0 aliphatic heterocycles. The monoisotopic (exact) mass is 321 g/mol. The zero-order chi connectivity index (χ0) is 15.5. The number of halogens is 2. The third kappa shape index (κ3) is 5.54. The normalized spacial score (nSPS) is 13.2. The first kappa shape index (κ1) is 17.0. The minimum Gasteiger partial charge on any atom is -0.444 e. The highest BCUT2D eigenvalue weighted by Gasteiger charge is 2.25. The van der Waals surface area contributed by atoms with Crippen LogP contribution in [0.15, 0.2) is 18.2 Å². The van der Waals surface area contributed by atoms with Gasteiger partial charge in [0.2, 0.25) is 0 Å². The second-order valence-electron chi connectivity index (χ2n) is 5.24. The first-order valence-corrected chi connectivity index (χ1v) is 6.66. The number of amides is 1. The second-order valence-corrected chi connectivity index (χ2v) is 6.11. The number of aliphatic hydroxyl groups excluding tert-OH is 1. The van der Waals surface area contributed by atoms with E-state index in [-0.39, 0.29) is 0 Å². The molecule has 0 spiro atoms. The Hall–Kier alpha value is -1.01.